The van der Waals surface area contributed by atoms with Gasteiger partial charge in [0.05, 0.1) is 7.11 Å². The number of nitrogens with zero attached hydrogens (tertiary/aromatic N) is 1. The minimum atomic E-state index is -1.01. The largest absolute Gasteiger partial charge is 0.484 e. The SMILES string of the molecule is CC/C(=N\C(C)(C)O)OC. The summed E-state index contributed by atoms with van der Waals surface area (Å²) in [5, 5.41) is 9.18. The van der Waals surface area contributed by atoms with E-state index in [1.807, 2.05) is 6.92 Å². The van der Waals surface area contributed by atoms with Gasteiger partial charge in [0, 0.05) is 6.42 Å². The topological polar surface area (TPSA) is 41.8 Å². The molecule has 0 unspecified atom stereocenters. The van der Waals surface area contributed by atoms with Crippen LogP contribution in [0.3, 0.4) is 0 Å². The molecule has 0 spiro atoms. The molecule has 0 aliphatic heterocycles. The van der Waals surface area contributed by atoms with Crippen molar-refractivity contribution in [3.8, 4) is 0 Å². The van der Waals surface area contributed by atoms with Crippen LogP contribution in [0.4, 0.5) is 0 Å². The minimum Gasteiger partial charge on any atom is -0.484 e. The number of hydrogen-bond acceptors (Lipinski definition) is 3. The molecule has 0 atom stereocenters. The van der Waals surface area contributed by atoms with Gasteiger partial charge in [-0.15, -0.1) is 0 Å². The molecule has 0 aliphatic carbocycles. The van der Waals surface area contributed by atoms with E-state index in [0.717, 1.165) is 0 Å². The van der Waals surface area contributed by atoms with Crippen molar-refractivity contribution in [1.82, 2.24) is 0 Å². The highest BCUT2D eigenvalue weighted by Crippen LogP contribution is 2.04. The van der Waals surface area contributed by atoms with Gasteiger partial charge in [-0.05, 0) is 13.8 Å². The second kappa shape index (κ2) is 3.56. The Morgan fingerprint density at radius 3 is 2.20 bits per heavy atom. The Hall–Kier alpha value is -0.570. The molecular formula is C7H15NO2. The van der Waals surface area contributed by atoms with Gasteiger partial charge in [0.2, 0.25) is 0 Å². The summed E-state index contributed by atoms with van der Waals surface area (Å²) in [5.41, 5.74) is -1.01. The van der Waals surface area contributed by atoms with Crippen LogP contribution in [0.2, 0.25) is 0 Å². The van der Waals surface area contributed by atoms with Gasteiger partial charge in [-0.3, -0.25) is 0 Å². The fourth-order valence-electron chi connectivity index (χ4n) is 0.574. The highest BCUT2D eigenvalue weighted by molar-refractivity contribution is 5.75. The predicted molar refractivity (Wildman–Crippen MR) is 41.0 cm³/mol. The van der Waals surface area contributed by atoms with E-state index in [4.69, 9.17) is 4.74 Å². The molecule has 0 bridgehead atoms. The van der Waals surface area contributed by atoms with Crippen LogP contribution in [0.25, 0.3) is 0 Å². The summed E-state index contributed by atoms with van der Waals surface area (Å²) in [6, 6.07) is 0. The highest BCUT2D eigenvalue weighted by atomic mass is 16.5. The van der Waals surface area contributed by atoms with Crippen molar-refractivity contribution in [3.63, 3.8) is 0 Å². The molecule has 60 valence electrons. The first-order valence-corrected chi connectivity index (χ1v) is 3.34. The van der Waals surface area contributed by atoms with E-state index in [9.17, 15) is 5.11 Å². The Morgan fingerprint density at radius 2 is 2.10 bits per heavy atom. The van der Waals surface area contributed by atoms with Crippen LogP contribution in [0, 0.1) is 0 Å². The van der Waals surface area contributed by atoms with Crippen LogP contribution >= 0.6 is 0 Å². The van der Waals surface area contributed by atoms with Crippen LogP contribution in [0.5, 0.6) is 0 Å². The van der Waals surface area contributed by atoms with Crippen molar-refractivity contribution >= 4 is 5.90 Å². The van der Waals surface area contributed by atoms with Crippen molar-refractivity contribution < 1.29 is 9.84 Å². The summed E-state index contributed by atoms with van der Waals surface area (Å²) in [6.45, 7) is 5.15. The zero-order valence-corrected chi connectivity index (χ0v) is 7.01. The van der Waals surface area contributed by atoms with E-state index in [1.165, 1.54) is 0 Å². The number of ether oxygens (including phenoxy) is 1. The molecule has 0 rings (SSSR count). The minimum absolute atomic E-state index is 0.576. The van der Waals surface area contributed by atoms with E-state index in [0.29, 0.717) is 12.3 Å². The molecule has 0 aromatic carbocycles. The number of aliphatic imine (C=N–C) groups is 1. The Balaban J connectivity index is 4.11. The van der Waals surface area contributed by atoms with Gasteiger partial charge in [0.1, 0.15) is 0 Å². The zero-order valence-electron chi connectivity index (χ0n) is 7.01. The summed E-state index contributed by atoms with van der Waals surface area (Å²) in [6.07, 6.45) is 0.709. The lowest BCUT2D eigenvalue weighted by molar-refractivity contribution is 0.0875. The lowest BCUT2D eigenvalue weighted by Gasteiger charge is -2.12. The van der Waals surface area contributed by atoms with Gasteiger partial charge >= 0.3 is 0 Å². The van der Waals surface area contributed by atoms with Gasteiger partial charge in [0.15, 0.2) is 11.6 Å². The molecule has 0 amide bonds. The Morgan fingerprint density at radius 1 is 1.60 bits per heavy atom. The molecule has 0 aromatic rings. The molecule has 3 nitrogen and oxygen atoms in total. The zero-order chi connectivity index (χ0) is 8.20. The van der Waals surface area contributed by atoms with Crippen molar-refractivity contribution in [1.29, 1.82) is 0 Å². The molecule has 0 radical (unpaired) electrons. The van der Waals surface area contributed by atoms with Crippen LogP contribution in [-0.2, 0) is 4.74 Å². The summed E-state index contributed by atoms with van der Waals surface area (Å²) in [7, 11) is 1.55. The number of hydrogen-bond donors (Lipinski definition) is 1. The Kier molecular flexibility index (Phi) is 3.36. The lowest BCUT2D eigenvalue weighted by atomic mass is 10.3. The number of rotatable bonds is 2. The molecule has 0 heterocycles. The normalized spacial score (nSPS) is 13.5. The van der Waals surface area contributed by atoms with Crippen molar-refractivity contribution in [2.75, 3.05) is 7.11 Å². The second-order valence-electron chi connectivity index (χ2n) is 2.56. The summed E-state index contributed by atoms with van der Waals surface area (Å²) in [4.78, 5) is 3.90. The summed E-state index contributed by atoms with van der Waals surface area (Å²) >= 11 is 0. The maximum absolute atomic E-state index is 9.18. The van der Waals surface area contributed by atoms with Gasteiger partial charge in [-0.2, -0.15) is 0 Å². The average molecular weight is 145 g/mol. The lowest BCUT2D eigenvalue weighted by Crippen LogP contribution is -2.18. The first-order valence-electron chi connectivity index (χ1n) is 3.34. The van der Waals surface area contributed by atoms with Gasteiger partial charge in [-0.25, -0.2) is 4.99 Å². The third kappa shape index (κ3) is 4.32. The molecule has 0 saturated heterocycles. The van der Waals surface area contributed by atoms with Crippen LogP contribution < -0.4 is 0 Å². The molecule has 0 fully saturated rings. The maximum Gasteiger partial charge on any atom is 0.185 e. The predicted octanol–water partition coefficient (Wildman–Crippen LogP) is 1.17. The number of methoxy groups -OCH3 is 1. The smallest absolute Gasteiger partial charge is 0.185 e. The maximum atomic E-state index is 9.18. The third-order valence-corrected chi connectivity index (χ3v) is 0.936. The molecule has 10 heavy (non-hydrogen) atoms. The fourth-order valence-corrected chi connectivity index (χ4v) is 0.574. The molecule has 0 aliphatic rings. The van der Waals surface area contributed by atoms with E-state index in [-0.39, 0.29) is 0 Å². The molecular weight excluding hydrogens is 130 g/mol. The van der Waals surface area contributed by atoms with Crippen LogP contribution in [0.1, 0.15) is 27.2 Å². The van der Waals surface area contributed by atoms with Crippen molar-refractivity contribution in [2.45, 2.75) is 32.9 Å². The van der Waals surface area contributed by atoms with E-state index in [1.54, 1.807) is 21.0 Å². The van der Waals surface area contributed by atoms with Crippen LogP contribution in [0.15, 0.2) is 4.99 Å². The fraction of sp³-hybridized carbons (Fsp3) is 0.857. The Bertz CT molecular complexity index is 118. The highest BCUT2D eigenvalue weighted by Gasteiger charge is 2.10. The molecule has 0 saturated carbocycles. The summed E-state index contributed by atoms with van der Waals surface area (Å²) < 4.78 is 4.87. The van der Waals surface area contributed by atoms with E-state index in [2.05, 4.69) is 4.99 Å². The average Bonchev–Trinajstić information content (AvgIpc) is 1.81. The van der Waals surface area contributed by atoms with E-state index < -0.39 is 5.72 Å². The van der Waals surface area contributed by atoms with Crippen molar-refractivity contribution in [2.24, 2.45) is 4.99 Å². The first kappa shape index (κ1) is 9.43. The molecule has 3 heteroatoms. The van der Waals surface area contributed by atoms with Crippen LogP contribution in [-0.4, -0.2) is 23.8 Å². The first-order chi connectivity index (χ1) is 4.49. The monoisotopic (exact) mass is 145 g/mol. The number of aliphatic hydroxyl groups is 1. The Labute approximate surface area is 61.7 Å². The van der Waals surface area contributed by atoms with E-state index >= 15 is 0 Å². The van der Waals surface area contributed by atoms with Gasteiger partial charge in [-0.1, -0.05) is 6.92 Å². The van der Waals surface area contributed by atoms with Gasteiger partial charge < -0.3 is 9.84 Å². The molecule has 1 N–H and O–H groups in total. The van der Waals surface area contributed by atoms with Crippen molar-refractivity contribution in [3.05, 3.63) is 0 Å². The second-order valence-corrected chi connectivity index (χ2v) is 2.56. The molecule has 0 aromatic heterocycles. The van der Waals surface area contributed by atoms with Gasteiger partial charge in [0.25, 0.3) is 0 Å². The quantitative estimate of drug-likeness (QED) is 0.468. The summed E-state index contributed by atoms with van der Waals surface area (Å²) in [5.74, 6) is 0.576. The standard InChI is InChI=1S/C7H15NO2/c1-5-6(10-4)8-7(2,3)9/h9H,5H2,1-4H3/b8-6+. The third-order valence-electron chi connectivity index (χ3n) is 0.936.